The number of aliphatic hydroxyl groups is 1. The lowest BCUT2D eigenvalue weighted by Crippen LogP contribution is -2.53. The molecule has 19 heavy (non-hydrogen) atoms. The Morgan fingerprint density at radius 1 is 1.47 bits per heavy atom. The van der Waals surface area contributed by atoms with Crippen molar-refractivity contribution >= 4 is 5.91 Å². The average Bonchev–Trinajstić information content (AvgIpc) is 2.96. The van der Waals surface area contributed by atoms with Gasteiger partial charge in [-0.1, -0.05) is 0 Å². The number of aliphatic hydroxyl groups excluding tert-OH is 1. The number of hydrogen-bond acceptors (Lipinski definition) is 3. The Balaban J connectivity index is 2.10. The van der Waals surface area contributed by atoms with E-state index in [9.17, 15) is 18.0 Å². The highest BCUT2D eigenvalue weighted by molar-refractivity contribution is 5.84. The molecule has 0 spiro atoms. The van der Waals surface area contributed by atoms with Gasteiger partial charge in [-0.3, -0.25) is 4.79 Å². The zero-order chi connectivity index (χ0) is 14.1. The van der Waals surface area contributed by atoms with Crippen LogP contribution >= 0.6 is 0 Å². The Kier molecular flexibility index (Phi) is 4.06. The van der Waals surface area contributed by atoms with Crippen LogP contribution in [-0.2, 0) is 4.79 Å². The van der Waals surface area contributed by atoms with Crippen LogP contribution in [-0.4, -0.2) is 54.9 Å². The number of alkyl halides is 3. The molecular weight excluding hydrogens is 261 g/mol. The Morgan fingerprint density at radius 2 is 2.21 bits per heavy atom. The largest absolute Gasteiger partial charge is 0.404 e. The van der Waals surface area contributed by atoms with Gasteiger partial charge in [-0.2, -0.15) is 13.2 Å². The first-order valence-electron chi connectivity index (χ1n) is 6.58. The first kappa shape index (κ1) is 14.6. The summed E-state index contributed by atoms with van der Waals surface area (Å²) in [5.74, 6) is -0.681. The summed E-state index contributed by atoms with van der Waals surface area (Å²) in [4.78, 5) is 13.6. The van der Waals surface area contributed by atoms with Crippen molar-refractivity contribution in [1.82, 2.24) is 10.2 Å². The SMILES string of the molecule is O=C(N1CCC(CCO)C1)C1(C(F)(F)F)CCNC1. The summed E-state index contributed by atoms with van der Waals surface area (Å²) in [6.45, 7) is 0.604. The molecule has 2 aliphatic heterocycles. The number of rotatable bonds is 3. The van der Waals surface area contributed by atoms with Crippen LogP contribution in [0.2, 0.25) is 0 Å². The maximum Gasteiger partial charge on any atom is 0.404 e. The fourth-order valence-electron chi connectivity index (χ4n) is 2.98. The number of nitrogens with one attached hydrogen (secondary N) is 1. The highest BCUT2D eigenvalue weighted by Gasteiger charge is 2.62. The highest BCUT2D eigenvalue weighted by Crippen LogP contribution is 2.45. The highest BCUT2D eigenvalue weighted by atomic mass is 19.4. The lowest BCUT2D eigenvalue weighted by molar-refractivity contribution is -0.221. The van der Waals surface area contributed by atoms with Crippen LogP contribution in [0.1, 0.15) is 19.3 Å². The molecule has 2 aliphatic rings. The number of carbonyl (C=O) groups excluding carboxylic acids is 1. The summed E-state index contributed by atoms with van der Waals surface area (Å²) in [6.07, 6.45) is -3.48. The number of nitrogens with zero attached hydrogens (tertiary/aromatic N) is 1. The van der Waals surface area contributed by atoms with Gasteiger partial charge >= 0.3 is 6.18 Å². The maximum absolute atomic E-state index is 13.2. The van der Waals surface area contributed by atoms with Crippen molar-refractivity contribution in [3.63, 3.8) is 0 Å². The van der Waals surface area contributed by atoms with Gasteiger partial charge in [-0.25, -0.2) is 0 Å². The molecule has 0 aromatic heterocycles. The van der Waals surface area contributed by atoms with E-state index in [1.54, 1.807) is 0 Å². The third-order valence-corrected chi connectivity index (χ3v) is 4.22. The molecule has 110 valence electrons. The van der Waals surface area contributed by atoms with Crippen molar-refractivity contribution in [3.8, 4) is 0 Å². The Morgan fingerprint density at radius 3 is 2.74 bits per heavy atom. The quantitative estimate of drug-likeness (QED) is 0.802. The predicted molar refractivity (Wildman–Crippen MR) is 62.4 cm³/mol. The molecule has 2 N–H and O–H groups in total. The zero-order valence-electron chi connectivity index (χ0n) is 10.7. The van der Waals surface area contributed by atoms with Gasteiger partial charge in [0.2, 0.25) is 5.91 Å². The summed E-state index contributed by atoms with van der Waals surface area (Å²) in [5.41, 5.74) is -2.25. The van der Waals surface area contributed by atoms with E-state index in [-0.39, 0.29) is 32.0 Å². The monoisotopic (exact) mass is 280 g/mol. The zero-order valence-corrected chi connectivity index (χ0v) is 10.7. The maximum atomic E-state index is 13.2. The van der Waals surface area contributed by atoms with Gasteiger partial charge in [-0.15, -0.1) is 0 Å². The number of hydrogen-bond donors (Lipinski definition) is 2. The summed E-state index contributed by atoms with van der Waals surface area (Å²) in [6, 6.07) is 0. The molecule has 0 aliphatic carbocycles. The van der Waals surface area contributed by atoms with Gasteiger partial charge < -0.3 is 15.3 Å². The van der Waals surface area contributed by atoms with Gasteiger partial charge in [0, 0.05) is 26.2 Å². The fourth-order valence-corrected chi connectivity index (χ4v) is 2.98. The van der Waals surface area contributed by atoms with Crippen LogP contribution in [0.15, 0.2) is 0 Å². The molecule has 0 bridgehead atoms. The Labute approximate surface area is 110 Å². The normalized spacial score (nSPS) is 32.0. The molecule has 2 fully saturated rings. The van der Waals surface area contributed by atoms with Gasteiger partial charge in [-0.05, 0) is 31.7 Å². The van der Waals surface area contributed by atoms with E-state index in [1.807, 2.05) is 0 Å². The minimum absolute atomic E-state index is 0.0126. The van der Waals surface area contributed by atoms with Gasteiger partial charge in [0.25, 0.3) is 0 Å². The first-order chi connectivity index (χ1) is 8.90. The van der Waals surface area contributed by atoms with Gasteiger partial charge in [0.15, 0.2) is 5.41 Å². The Hall–Kier alpha value is -0.820. The molecular formula is C12H19F3N2O2. The molecule has 2 atom stereocenters. The van der Waals surface area contributed by atoms with Crippen molar-refractivity contribution in [1.29, 1.82) is 0 Å². The third-order valence-electron chi connectivity index (χ3n) is 4.22. The Bertz CT molecular complexity index is 340. The van der Waals surface area contributed by atoms with Crippen LogP contribution in [0.5, 0.6) is 0 Å². The van der Waals surface area contributed by atoms with Crippen LogP contribution in [0.25, 0.3) is 0 Å². The third kappa shape index (κ3) is 2.58. The van der Waals surface area contributed by atoms with Crippen LogP contribution in [0, 0.1) is 11.3 Å². The lowest BCUT2D eigenvalue weighted by atomic mass is 9.84. The van der Waals surface area contributed by atoms with E-state index in [0.717, 1.165) is 0 Å². The minimum Gasteiger partial charge on any atom is -0.396 e. The summed E-state index contributed by atoms with van der Waals surface area (Å²) < 4.78 is 39.7. The van der Waals surface area contributed by atoms with Gasteiger partial charge in [0.05, 0.1) is 0 Å². The fraction of sp³-hybridized carbons (Fsp3) is 0.917. The van der Waals surface area contributed by atoms with E-state index >= 15 is 0 Å². The van der Waals surface area contributed by atoms with E-state index in [0.29, 0.717) is 25.9 Å². The van der Waals surface area contributed by atoms with Crippen molar-refractivity contribution in [2.75, 3.05) is 32.8 Å². The molecule has 2 saturated heterocycles. The topological polar surface area (TPSA) is 52.6 Å². The number of carbonyl (C=O) groups is 1. The van der Waals surface area contributed by atoms with Crippen LogP contribution in [0.4, 0.5) is 13.2 Å². The molecule has 2 unspecified atom stereocenters. The van der Waals surface area contributed by atoms with Crippen LogP contribution < -0.4 is 5.32 Å². The number of halogens is 3. The van der Waals surface area contributed by atoms with Crippen molar-refractivity contribution in [2.45, 2.75) is 25.4 Å². The predicted octanol–water partition coefficient (Wildman–Crippen LogP) is 0.759. The van der Waals surface area contributed by atoms with Gasteiger partial charge in [0.1, 0.15) is 0 Å². The molecule has 1 amide bonds. The molecule has 0 saturated carbocycles. The average molecular weight is 280 g/mol. The summed E-state index contributed by atoms with van der Waals surface area (Å²) >= 11 is 0. The second-order valence-electron chi connectivity index (χ2n) is 5.42. The van der Waals surface area contributed by atoms with E-state index in [1.165, 1.54) is 4.90 Å². The van der Waals surface area contributed by atoms with Crippen molar-refractivity contribution < 1.29 is 23.1 Å². The molecule has 0 radical (unpaired) electrons. The summed E-state index contributed by atoms with van der Waals surface area (Å²) in [5, 5.41) is 11.5. The lowest BCUT2D eigenvalue weighted by Gasteiger charge is -2.33. The summed E-state index contributed by atoms with van der Waals surface area (Å²) in [7, 11) is 0. The molecule has 0 aromatic carbocycles. The van der Waals surface area contributed by atoms with Crippen molar-refractivity contribution in [3.05, 3.63) is 0 Å². The smallest absolute Gasteiger partial charge is 0.396 e. The molecule has 7 heteroatoms. The van der Waals surface area contributed by atoms with Crippen LogP contribution in [0.3, 0.4) is 0 Å². The van der Waals surface area contributed by atoms with Crippen molar-refractivity contribution in [2.24, 2.45) is 11.3 Å². The van der Waals surface area contributed by atoms with E-state index < -0.39 is 17.5 Å². The second kappa shape index (κ2) is 5.28. The molecule has 2 heterocycles. The second-order valence-corrected chi connectivity index (χ2v) is 5.42. The molecule has 4 nitrogen and oxygen atoms in total. The minimum atomic E-state index is -4.51. The first-order valence-corrected chi connectivity index (χ1v) is 6.58. The van der Waals surface area contributed by atoms with E-state index in [4.69, 9.17) is 5.11 Å². The molecule has 0 aromatic rings. The van der Waals surface area contributed by atoms with E-state index in [2.05, 4.69) is 5.32 Å². The standard InChI is InChI=1S/C12H19F3N2O2/c13-12(14,15)11(3-4-16-8-11)10(19)17-5-1-9(7-17)2-6-18/h9,16,18H,1-8H2. The number of likely N-dealkylation sites (tertiary alicyclic amines) is 1. The molecule has 2 rings (SSSR count). The number of amides is 1.